The second-order valence-corrected chi connectivity index (χ2v) is 17.9. The molecule has 2 N–H and O–H groups in total. The minimum atomic E-state index is -1.13. The first kappa shape index (κ1) is 42.0. The van der Waals surface area contributed by atoms with Crippen LogP contribution in [0.3, 0.4) is 0 Å². The summed E-state index contributed by atoms with van der Waals surface area (Å²) in [7, 11) is 4.74. The van der Waals surface area contributed by atoms with E-state index in [4.69, 9.17) is 56.8 Å². The third kappa shape index (κ3) is 7.76. The Balaban J connectivity index is 0.877. The van der Waals surface area contributed by atoms with Crippen molar-refractivity contribution < 1.29 is 71.8 Å². The van der Waals surface area contributed by atoms with E-state index in [2.05, 4.69) is 13.0 Å². The minimum absolute atomic E-state index is 0.0721. The molecule has 0 unspecified atom stereocenters. The average molecular weight is 809 g/mol. The number of aliphatic hydroxyl groups excluding tert-OH is 2. The van der Waals surface area contributed by atoms with Crippen molar-refractivity contribution in [1.29, 1.82) is 0 Å². The molecule has 2 aliphatic carbocycles. The van der Waals surface area contributed by atoms with Crippen molar-refractivity contribution >= 4 is 5.97 Å². The van der Waals surface area contributed by atoms with Crippen molar-refractivity contribution in [3.8, 4) is 0 Å². The molecule has 57 heavy (non-hydrogen) atoms. The molecule has 8 aliphatic rings. The predicted molar refractivity (Wildman–Crippen MR) is 199 cm³/mol. The molecule has 0 radical (unpaired) electrons. The first-order valence-electron chi connectivity index (χ1n) is 21.0. The zero-order valence-corrected chi connectivity index (χ0v) is 34.6. The standard InChI is InChI=1S/C42H64O15/c1-20-34(43)28(46-6)16-31(51-20)56-36-21(2)52-32(17-29(36)47-7)57-37-22(3)53-40(35(44)38(37)48-8)54-25-13-14-41(4)24(15-25)10-11-26-27(41)12-9-23-18-49-42(5)33(23)30(19-50-42)55-39(26)45/h10,18,20-22,25-38,40,43-44H,9,11-17,19H2,1-8H3/t20-,21-,22+,25-,26-,27-,28+,29+,30+,31-,32+,33+,34-,35+,36-,37+,38+,40-,41-,42-/m0/s1. The van der Waals surface area contributed by atoms with Gasteiger partial charge in [-0.1, -0.05) is 18.6 Å². The lowest BCUT2D eigenvalue weighted by Crippen LogP contribution is -2.61. The van der Waals surface area contributed by atoms with E-state index in [9.17, 15) is 15.0 Å². The van der Waals surface area contributed by atoms with Crippen LogP contribution in [-0.2, 0) is 61.6 Å². The molecule has 0 bridgehead atoms. The average Bonchev–Trinajstić information content (AvgIpc) is 3.70. The Kier molecular flexibility index (Phi) is 12.2. The highest BCUT2D eigenvalue weighted by atomic mass is 16.8. The highest BCUT2D eigenvalue weighted by Crippen LogP contribution is 2.57. The summed E-state index contributed by atoms with van der Waals surface area (Å²) in [5.74, 6) is -1.07. The maximum atomic E-state index is 13.7. The summed E-state index contributed by atoms with van der Waals surface area (Å²) in [5, 5.41) is 22.0. The molecule has 6 aliphatic heterocycles. The van der Waals surface area contributed by atoms with Gasteiger partial charge in [-0.3, -0.25) is 4.79 Å². The van der Waals surface area contributed by atoms with Crippen LogP contribution in [0.5, 0.6) is 0 Å². The number of aliphatic hydroxyl groups is 2. The number of rotatable bonds is 9. The Bertz CT molecular complexity index is 1510. The van der Waals surface area contributed by atoms with Gasteiger partial charge in [-0.2, -0.15) is 0 Å². The summed E-state index contributed by atoms with van der Waals surface area (Å²) in [6.07, 6.45) is 0.723. The third-order valence-corrected chi connectivity index (χ3v) is 14.6. The number of hydrogen-bond acceptors (Lipinski definition) is 15. The van der Waals surface area contributed by atoms with Crippen molar-refractivity contribution in [1.82, 2.24) is 0 Å². The monoisotopic (exact) mass is 808 g/mol. The summed E-state index contributed by atoms with van der Waals surface area (Å²) in [5.41, 5.74) is 2.27. The number of fused-ring (bicyclic) bond motifs is 3. The van der Waals surface area contributed by atoms with Crippen molar-refractivity contribution in [3.63, 3.8) is 0 Å². The molecule has 5 saturated heterocycles. The quantitative estimate of drug-likeness (QED) is 0.256. The molecule has 8 rings (SSSR count). The van der Waals surface area contributed by atoms with Crippen molar-refractivity contribution in [3.05, 3.63) is 23.5 Å². The van der Waals surface area contributed by atoms with Crippen LogP contribution in [-0.4, -0.2) is 142 Å². The highest BCUT2D eigenvalue weighted by Gasteiger charge is 2.58. The van der Waals surface area contributed by atoms with Gasteiger partial charge in [-0.05, 0) is 76.2 Å². The largest absolute Gasteiger partial charge is 0.469 e. The van der Waals surface area contributed by atoms with Gasteiger partial charge >= 0.3 is 5.97 Å². The van der Waals surface area contributed by atoms with Gasteiger partial charge in [-0.25, -0.2) is 0 Å². The molecule has 6 heterocycles. The topological polar surface area (TPSA) is 168 Å². The lowest BCUT2D eigenvalue weighted by molar-refractivity contribution is -0.353. The van der Waals surface area contributed by atoms with Crippen molar-refractivity contribution in [2.45, 2.75) is 184 Å². The number of carbonyl (C=O) groups is 1. The van der Waals surface area contributed by atoms with Gasteiger partial charge in [0.25, 0.3) is 0 Å². The van der Waals surface area contributed by atoms with Crippen LogP contribution in [0.1, 0.15) is 86.0 Å². The van der Waals surface area contributed by atoms with Crippen LogP contribution in [0.15, 0.2) is 23.5 Å². The zero-order valence-electron chi connectivity index (χ0n) is 34.6. The Morgan fingerprint density at radius 1 is 0.807 bits per heavy atom. The molecule has 0 spiro atoms. The SMILES string of the molecule is CO[C@@H]1[C@@H](O)[C@H](O[C@H]2CC[C@@]3(C)C(=CC[C@@H]4C(=O)O[C@@H]5CO[C@]6(C)OC=C(CC[C@@H]43)[C@H]56)C2)O[C@H](C)[C@H]1O[C@@H]1C[C@@H](OC)[C@@H](O[C@H]2C[C@@H](OC)[C@@H](O)[C@H](C)O2)[C@H](C)O1. The van der Waals surface area contributed by atoms with E-state index in [1.165, 1.54) is 11.1 Å². The molecule has 0 amide bonds. The van der Waals surface area contributed by atoms with Crippen LogP contribution in [0.2, 0.25) is 0 Å². The molecular weight excluding hydrogens is 744 g/mol. The van der Waals surface area contributed by atoms with Crippen LogP contribution in [0, 0.1) is 23.2 Å². The van der Waals surface area contributed by atoms with E-state index in [-0.39, 0.29) is 47.4 Å². The maximum absolute atomic E-state index is 13.7. The maximum Gasteiger partial charge on any atom is 0.309 e. The van der Waals surface area contributed by atoms with E-state index in [0.717, 1.165) is 25.7 Å². The van der Waals surface area contributed by atoms with Gasteiger partial charge in [-0.15, -0.1) is 0 Å². The van der Waals surface area contributed by atoms with Gasteiger partial charge in [0.2, 0.25) is 5.79 Å². The summed E-state index contributed by atoms with van der Waals surface area (Å²) in [6.45, 7) is 10.2. The minimum Gasteiger partial charge on any atom is -0.469 e. The first-order chi connectivity index (χ1) is 27.3. The Labute approximate surface area is 335 Å². The molecule has 0 aromatic rings. The number of methoxy groups -OCH3 is 3. The lowest BCUT2D eigenvalue weighted by atomic mass is 9.55. The Hall–Kier alpha value is -1.73. The Morgan fingerprint density at radius 2 is 1.51 bits per heavy atom. The van der Waals surface area contributed by atoms with E-state index in [1.807, 2.05) is 27.0 Å². The lowest BCUT2D eigenvalue weighted by Gasteiger charge is -2.51. The highest BCUT2D eigenvalue weighted by molar-refractivity contribution is 5.74. The van der Waals surface area contributed by atoms with E-state index in [0.29, 0.717) is 32.3 Å². The molecule has 1 saturated carbocycles. The molecule has 15 nitrogen and oxygen atoms in total. The molecule has 15 heteroatoms. The van der Waals surface area contributed by atoms with E-state index < -0.39 is 79.6 Å². The fourth-order valence-electron chi connectivity index (χ4n) is 11.3. The number of carbonyl (C=O) groups excluding carboxylic acids is 1. The first-order valence-corrected chi connectivity index (χ1v) is 21.0. The number of esters is 1. The van der Waals surface area contributed by atoms with Gasteiger partial charge in [0.05, 0.1) is 61.3 Å². The predicted octanol–water partition coefficient (Wildman–Crippen LogP) is 3.66. The van der Waals surface area contributed by atoms with E-state index in [1.54, 1.807) is 28.3 Å². The van der Waals surface area contributed by atoms with Crippen LogP contribution >= 0.6 is 0 Å². The second kappa shape index (κ2) is 16.6. The summed E-state index contributed by atoms with van der Waals surface area (Å²) in [6, 6.07) is 0. The van der Waals surface area contributed by atoms with Crippen LogP contribution in [0.25, 0.3) is 0 Å². The van der Waals surface area contributed by atoms with Gasteiger partial charge in [0, 0.05) is 41.1 Å². The molecule has 322 valence electrons. The smallest absolute Gasteiger partial charge is 0.309 e. The van der Waals surface area contributed by atoms with Gasteiger partial charge < -0.3 is 67.1 Å². The molecule has 0 aromatic heterocycles. The van der Waals surface area contributed by atoms with E-state index >= 15 is 0 Å². The molecule has 0 aromatic carbocycles. The zero-order chi connectivity index (χ0) is 40.4. The second-order valence-electron chi connectivity index (χ2n) is 17.9. The third-order valence-electron chi connectivity index (χ3n) is 14.6. The summed E-state index contributed by atoms with van der Waals surface area (Å²) in [4.78, 5) is 13.7. The fraction of sp³-hybridized carbons (Fsp3) is 0.881. The van der Waals surface area contributed by atoms with Crippen molar-refractivity contribution in [2.24, 2.45) is 23.2 Å². The number of ether oxygens (including phenoxy) is 12. The summed E-state index contributed by atoms with van der Waals surface area (Å²) < 4.78 is 73.4. The van der Waals surface area contributed by atoms with Crippen LogP contribution in [0.4, 0.5) is 0 Å². The molecule has 6 fully saturated rings. The summed E-state index contributed by atoms with van der Waals surface area (Å²) >= 11 is 0. The number of hydrogen-bond donors (Lipinski definition) is 2. The number of allylic oxidation sites excluding steroid dienone is 1. The molecular formula is C42H64O15. The van der Waals surface area contributed by atoms with Gasteiger partial charge in [0.15, 0.2) is 18.9 Å². The Morgan fingerprint density at radius 3 is 2.25 bits per heavy atom. The van der Waals surface area contributed by atoms with Gasteiger partial charge in [0.1, 0.15) is 36.6 Å². The van der Waals surface area contributed by atoms with Crippen LogP contribution < -0.4 is 0 Å². The van der Waals surface area contributed by atoms with Crippen molar-refractivity contribution in [2.75, 3.05) is 27.9 Å². The molecule has 20 atom stereocenters. The fourth-order valence-corrected chi connectivity index (χ4v) is 11.3. The normalized spacial score (nSPS) is 51.2.